The monoisotopic (exact) mass is 477 g/mol. The van der Waals surface area contributed by atoms with Gasteiger partial charge in [0.15, 0.2) is 0 Å². The van der Waals surface area contributed by atoms with E-state index in [-0.39, 0.29) is 18.3 Å². The van der Waals surface area contributed by atoms with Gasteiger partial charge in [-0.25, -0.2) is 4.39 Å². The molecular weight excluding hydrogens is 449 g/mol. The smallest absolute Gasteiger partial charge is 0.324 e. The Kier molecular flexibility index (Phi) is 7.23. The maximum absolute atomic E-state index is 13.5. The zero-order valence-electron chi connectivity index (χ0n) is 19.4. The minimum Gasteiger partial charge on any atom is -0.452 e. The summed E-state index contributed by atoms with van der Waals surface area (Å²) in [5.74, 6) is -1.49. The largest absolute Gasteiger partial charge is 0.452 e. The summed E-state index contributed by atoms with van der Waals surface area (Å²) >= 11 is 0. The average molecular weight is 478 g/mol. The molecule has 1 aromatic heterocycles. The third-order valence-corrected chi connectivity index (χ3v) is 6.56. The summed E-state index contributed by atoms with van der Waals surface area (Å²) in [5, 5.41) is 12.7. The van der Waals surface area contributed by atoms with Crippen molar-refractivity contribution in [2.24, 2.45) is 5.73 Å². The van der Waals surface area contributed by atoms with E-state index in [1.54, 1.807) is 24.4 Å². The Bertz CT molecular complexity index is 1200. The van der Waals surface area contributed by atoms with Crippen LogP contribution in [-0.2, 0) is 15.1 Å². The van der Waals surface area contributed by atoms with Gasteiger partial charge >= 0.3 is 5.97 Å². The standard InChI is InChI=1S/C27H28FN3O4/c1-17(18-3-5-19(6-4-18)20-13-21(25(29)33)15-30-14-20)24-26(34)35-27(16-31-24,11-2-12-32)22-7-9-23(28)10-8-22/h3-10,13-15,17,24,31-32H,2,11-12,16H2,1H3,(H2,29,33)/t17-,24?,27?/m0/s1. The van der Waals surface area contributed by atoms with Crippen LogP contribution in [0.3, 0.4) is 0 Å². The molecule has 35 heavy (non-hydrogen) atoms. The zero-order valence-corrected chi connectivity index (χ0v) is 19.4. The number of aromatic nitrogens is 1. The maximum atomic E-state index is 13.5. The SMILES string of the molecule is C[C@@H](c1ccc(-c2cncc(C(N)=O)c2)cc1)C1NCC(CCCO)(c2ccc(F)cc2)OC1=O. The van der Waals surface area contributed by atoms with Gasteiger partial charge in [0.2, 0.25) is 5.91 Å². The second-order valence-electron chi connectivity index (χ2n) is 8.85. The average Bonchev–Trinajstić information content (AvgIpc) is 2.87. The number of hydrogen-bond donors (Lipinski definition) is 3. The van der Waals surface area contributed by atoms with Crippen LogP contribution in [0, 0.1) is 5.82 Å². The Morgan fingerprint density at radius 2 is 1.91 bits per heavy atom. The molecule has 1 aliphatic rings. The molecule has 0 spiro atoms. The highest BCUT2D eigenvalue weighted by Gasteiger charge is 2.44. The first kappa shape index (κ1) is 24.5. The van der Waals surface area contributed by atoms with Crippen LogP contribution in [0.1, 0.15) is 47.2 Å². The van der Waals surface area contributed by atoms with Gasteiger partial charge in [0.25, 0.3) is 0 Å². The molecule has 3 atom stereocenters. The van der Waals surface area contributed by atoms with E-state index < -0.39 is 23.5 Å². The van der Waals surface area contributed by atoms with Gasteiger partial charge in [-0.1, -0.05) is 43.3 Å². The molecule has 4 N–H and O–H groups in total. The Morgan fingerprint density at radius 3 is 2.54 bits per heavy atom. The third kappa shape index (κ3) is 5.23. The quantitative estimate of drug-likeness (QED) is 0.429. The molecule has 8 heteroatoms. The third-order valence-electron chi connectivity index (χ3n) is 6.56. The fourth-order valence-electron chi connectivity index (χ4n) is 4.50. The first-order chi connectivity index (χ1) is 16.8. The summed E-state index contributed by atoms with van der Waals surface area (Å²) in [6, 6.07) is 14.7. The van der Waals surface area contributed by atoms with Crippen molar-refractivity contribution in [3.8, 4) is 11.1 Å². The van der Waals surface area contributed by atoms with Gasteiger partial charge in [0, 0.05) is 37.0 Å². The van der Waals surface area contributed by atoms with Crippen LogP contribution in [0.15, 0.2) is 67.0 Å². The van der Waals surface area contributed by atoms with E-state index in [1.165, 1.54) is 18.3 Å². The van der Waals surface area contributed by atoms with E-state index in [9.17, 15) is 19.1 Å². The van der Waals surface area contributed by atoms with Crippen molar-refractivity contribution in [2.75, 3.05) is 13.2 Å². The predicted octanol–water partition coefficient (Wildman–Crippen LogP) is 3.27. The lowest BCUT2D eigenvalue weighted by Crippen LogP contribution is -2.57. The summed E-state index contributed by atoms with van der Waals surface area (Å²) in [6.07, 6.45) is 3.95. The molecule has 1 amide bonds. The lowest BCUT2D eigenvalue weighted by atomic mass is 9.84. The van der Waals surface area contributed by atoms with Crippen molar-refractivity contribution >= 4 is 11.9 Å². The zero-order chi connectivity index (χ0) is 25.0. The van der Waals surface area contributed by atoms with Gasteiger partial charge < -0.3 is 15.6 Å². The first-order valence-electron chi connectivity index (χ1n) is 11.5. The summed E-state index contributed by atoms with van der Waals surface area (Å²) in [4.78, 5) is 28.7. The lowest BCUT2D eigenvalue weighted by molar-refractivity contribution is -0.173. The number of aliphatic hydroxyl groups excluding tert-OH is 1. The second-order valence-corrected chi connectivity index (χ2v) is 8.85. The number of cyclic esters (lactones) is 1. The Morgan fingerprint density at radius 1 is 1.20 bits per heavy atom. The Labute approximate surface area is 203 Å². The molecule has 2 heterocycles. The van der Waals surface area contributed by atoms with Gasteiger partial charge in [-0.05, 0) is 47.7 Å². The second kappa shape index (κ2) is 10.3. The minimum absolute atomic E-state index is 0.0372. The molecule has 7 nitrogen and oxygen atoms in total. The number of pyridine rings is 1. The molecule has 1 aliphatic heterocycles. The van der Waals surface area contributed by atoms with E-state index in [0.29, 0.717) is 30.5 Å². The van der Waals surface area contributed by atoms with Crippen LogP contribution < -0.4 is 11.1 Å². The number of nitrogens with one attached hydrogen (secondary N) is 1. The molecule has 182 valence electrons. The minimum atomic E-state index is -0.966. The summed E-state index contributed by atoms with van der Waals surface area (Å²) in [6.45, 7) is 2.26. The van der Waals surface area contributed by atoms with Crippen molar-refractivity contribution in [1.29, 1.82) is 0 Å². The maximum Gasteiger partial charge on any atom is 0.324 e. The molecular formula is C27H28FN3O4. The Hall–Kier alpha value is -3.62. The molecule has 0 radical (unpaired) electrons. The normalized spacial score (nSPS) is 20.8. The molecule has 2 aromatic carbocycles. The molecule has 0 saturated carbocycles. The number of morpholine rings is 1. The molecule has 3 aromatic rings. The van der Waals surface area contributed by atoms with Crippen LogP contribution in [0.5, 0.6) is 0 Å². The molecule has 2 unspecified atom stereocenters. The number of nitrogens with zero attached hydrogens (tertiary/aromatic N) is 1. The van der Waals surface area contributed by atoms with E-state index in [0.717, 1.165) is 16.7 Å². The van der Waals surface area contributed by atoms with Gasteiger partial charge in [-0.3, -0.25) is 19.9 Å². The number of benzene rings is 2. The van der Waals surface area contributed by atoms with E-state index >= 15 is 0 Å². The number of primary amides is 1. The summed E-state index contributed by atoms with van der Waals surface area (Å²) in [7, 11) is 0. The number of rotatable bonds is 8. The van der Waals surface area contributed by atoms with Crippen molar-refractivity contribution in [2.45, 2.75) is 37.3 Å². The number of hydrogen-bond acceptors (Lipinski definition) is 6. The van der Waals surface area contributed by atoms with E-state index in [1.807, 2.05) is 31.2 Å². The summed E-state index contributed by atoms with van der Waals surface area (Å²) in [5.41, 5.74) is 7.98. The number of carbonyl (C=O) groups excluding carboxylic acids is 2. The molecule has 0 aliphatic carbocycles. The number of nitrogens with two attached hydrogens (primary N) is 1. The highest BCUT2D eigenvalue weighted by atomic mass is 19.1. The highest BCUT2D eigenvalue weighted by Crippen LogP contribution is 2.36. The molecule has 0 bridgehead atoms. The van der Waals surface area contributed by atoms with Crippen LogP contribution in [0.25, 0.3) is 11.1 Å². The lowest BCUT2D eigenvalue weighted by Gasteiger charge is -2.42. The van der Waals surface area contributed by atoms with Crippen LogP contribution >= 0.6 is 0 Å². The number of ether oxygens (including phenoxy) is 1. The number of halogens is 1. The number of aliphatic hydroxyl groups is 1. The topological polar surface area (TPSA) is 115 Å². The van der Waals surface area contributed by atoms with E-state index in [4.69, 9.17) is 10.5 Å². The Balaban J connectivity index is 1.51. The van der Waals surface area contributed by atoms with Crippen LogP contribution in [-0.4, -0.2) is 41.2 Å². The van der Waals surface area contributed by atoms with Gasteiger partial charge in [-0.15, -0.1) is 0 Å². The van der Waals surface area contributed by atoms with E-state index in [2.05, 4.69) is 10.3 Å². The van der Waals surface area contributed by atoms with Crippen LogP contribution in [0.4, 0.5) is 4.39 Å². The molecule has 1 fully saturated rings. The van der Waals surface area contributed by atoms with Gasteiger partial charge in [-0.2, -0.15) is 0 Å². The van der Waals surface area contributed by atoms with Crippen molar-refractivity contribution in [3.63, 3.8) is 0 Å². The number of carbonyl (C=O) groups is 2. The van der Waals surface area contributed by atoms with Crippen molar-refractivity contribution < 1.29 is 23.8 Å². The molecule has 1 saturated heterocycles. The van der Waals surface area contributed by atoms with Crippen molar-refractivity contribution in [3.05, 3.63) is 89.5 Å². The van der Waals surface area contributed by atoms with Gasteiger partial charge in [0.1, 0.15) is 17.5 Å². The number of amides is 1. The highest BCUT2D eigenvalue weighted by molar-refractivity contribution is 5.93. The summed E-state index contributed by atoms with van der Waals surface area (Å²) < 4.78 is 19.5. The van der Waals surface area contributed by atoms with Crippen LogP contribution in [0.2, 0.25) is 0 Å². The fraction of sp³-hybridized carbons (Fsp3) is 0.296. The first-order valence-corrected chi connectivity index (χ1v) is 11.5. The molecule has 4 rings (SSSR count). The predicted molar refractivity (Wildman–Crippen MR) is 129 cm³/mol. The fourth-order valence-corrected chi connectivity index (χ4v) is 4.50. The van der Waals surface area contributed by atoms with Crippen molar-refractivity contribution in [1.82, 2.24) is 10.3 Å². The van der Waals surface area contributed by atoms with Gasteiger partial charge in [0.05, 0.1) is 5.56 Å². The number of esters is 1.